The van der Waals surface area contributed by atoms with Gasteiger partial charge in [-0.05, 0) is 62.1 Å². The molecule has 0 spiro atoms. The fourth-order valence-corrected chi connectivity index (χ4v) is 5.10. The standard InChI is InChI=1S/C28H34N8/c1-33-10-14-35(15-11-33)23-5-3-4-22(19-23)31-26-7-6-24-25(20-30-28(24)32-26)21-8-9-29-27(18-21)36-16-12-34(2)13-17-36/h3-9,18-20H,10-17H2,1-2H3,(H2,30,31,32). The molecule has 0 saturated carbocycles. The Morgan fingerprint density at radius 3 is 2.33 bits per heavy atom. The predicted molar refractivity (Wildman–Crippen MR) is 148 cm³/mol. The van der Waals surface area contributed by atoms with Gasteiger partial charge in [0.1, 0.15) is 17.3 Å². The Kier molecular flexibility index (Phi) is 6.21. The summed E-state index contributed by atoms with van der Waals surface area (Å²) < 4.78 is 0. The SMILES string of the molecule is CN1CCN(c2cccc(Nc3ccc4c(-c5ccnc(N6CCN(C)CC6)c5)c[nH]c4n3)c2)CC1. The molecule has 6 rings (SSSR count). The number of rotatable bonds is 5. The molecule has 2 saturated heterocycles. The summed E-state index contributed by atoms with van der Waals surface area (Å²) in [6, 6.07) is 17.1. The number of benzene rings is 1. The second kappa shape index (κ2) is 9.79. The highest BCUT2D eigenvalue weighted by Crippen LogP contribution is 2.31. The Bertz CT molecular complexity index is 1330. The van der Waals surface area contributed by atoms with Crippen molar-refractivity contribution in [1.82, 2.24) is 24.8 Å². The van der Waals surface area contributed by atoms with Crippen molar-refractivity contribution >= 4 is 34.0 Å². The van der Waals surface area contributed by atoms with E-state index in [4.69, 9.17) is 4.98 Å². The lowest BCUT2D eigenvalue weighted by atomic mass is 10.1. The summed E-state index contributed by atoms with van der Waals surface area (Å²) in [6.45, 7) is 8.45. The smallest absolute Gasteiger partial charge is 0.140 e. The van der Waals surface area contributed by atoms with Crippen LogP contribution in [-0.4, -0.2) is 91.2 Å². The van der Waals surface area contributed by atoms with Crippen molar-refractivity contribution in [2.24, 2.45) is 0 Å². The zero-order chi connectivity index (χ0) is 24.5. The van der Waals surface area contributed by atoms with Gasteiger partial charge < -0.3 is 29.9 Å². The zero-order valence-electron chi connectivity index (χ0n) is 21.1. The number of nitrogens with one attached hydrogen (secondary N) is 2. The summed E-state index contributed by atoms with van der Waals surface area (Å²) in [7, 11) is 4.36. The molecular weight excluding hydrogens is 448 g/mol. The highest BCUT2D eigenvalue weighted by Gasteiger charge is 2.17. The number of hydrogen-bond acceptors (Lipinski definition) is 7. The van der Waals surface area contributed by atoms with Crippen molar-refractivity contribution < 1.29 is 0 Å². The van der Waals surface area contributed by atoms with Gasteiger partial charge in [-0.2, -0.15) is 0 Å². The predicted octanol–water partition coefficient (Wildman–Crippen LogP) is 3.87. The van der Waals surface area contributed by atoms with E-state index in [-0.39, 0.29) is 0 Å². The first kappa shape index (κ1) is 22.8. The summed E-state index contributed by atoms with van der Waals surface area (Å²) in [5.74, 6) is 1.88. The molecule has 2 aliphatic heterocycles. The number of nitrogens with zero attached hydrogens (tertiary/aromatic N) is 6. The zero-order valence-corrected chi connectivity index (χ0v) is 21.1. The quantitative estimate of drug-likeness (QED) is 0.448. The third-order valence-electron chi connectivity index (χ3n) is 7.41. The van der Waals surface area contributed by atoms with Crippen LogP contribution in [0.2, 0.25) is 0 Å². The fourth-order valence-electron chi connectivity index (χ4n) is 5.10. The second-order valence-electron chi connectivity index (χ2n) is 9.95. The van der Waals surface area contributed by atoms with E-state index in [2.05, 4.69) is 104 Å². The molecule has 8 heteroatoms. The Morgan fingerprint density at radius 2 is 1.56 bits per heavy atom. The molecule has 0 radical (unpaired) electrons. The molecule has 0 aliphatic carbocycles. The van der Waals surface area contributed by atoms with Crippen LogP contribution in [0.5, 0.6) is 0 Å². The molecule has 0 atom stereocenters. The number of hydrogen-bond donors (Lipinski definition) is 2. The maximum Gasteiger partial charge on any atom is 0.140 e. The molecule has 0 amide bonds. The van der Waals surface area contributed by atoms with Gasteiger partial charge in [0.05, 0.1) is 0 Å². The van der Waals surface area contributed by atoms with Crippen molar-refractivity contribution in [2.75, 3.05) is 81.6 Å². The van der Waals surface area contributed by atoms with Crippen LogP contribution in [0.25, 0.3) is 22.2 Å². The lowest BCUT2D eigenvalue weighted by molar-refractivity contribution is 0.312. The minimum Gasteiger partial charge on any atom is -0.369 e. The van der Waals surface area contributed by atoms with Crippen LogP contribution in [0.3, 0.4) is 0 Å². The Labute approximate surface area is 212 Å². The third-order valence-corrected chi connectivity index (χ3v) is 7.41. The lowest BCUT2D eigenvalue weighted by Gasteiger charge is -2.34. The van der Waals surface area contributed by atoms with Crippen molar-refractivity contribution in [3.05, 3.63) is 60.9 Å². The van der Waals surface area contributed by atoms with Crippen molar-refractivity contribution in [1.29, 1.82) is 0 Å². The number of fused-ring (bicyclic) bond motifs is 1. The van der Waals surface area contributed by atoms with Gasteiger partial charge in [-0.15, -0.1) is 0 Å². The molecule has 0 bridgehead atoms. The van der Waals surface area contributed by atoms with Gasteiger partial charge in [0.2, 0.25) is 0 Å². The first-order chi connectivity index (χ1) is 17.6. The average molecular weight is 483 g/mol. The number of likely N-dealkylation sites (N-methyl/N-ethyl adjacent to an activating group) is 2. The first-order valence-electron chi connectivity index (χ1n) is 12.8. The maximum atomic E-state index is 4.87. The Morgan fingerprint density at radius 1 is 0.806 bits per heavy atom. The van der Waals surface area contributed by atoms with Crippen LogP contribution >= 0.6 is 0 Å². The number of aromatic amines is 1. The number of anilines is 4. The molecule has 2 fully saturated rings. The molecule has 0 unspecified atom stereocenters. The van der Waals surface area contributed by atoms with Crippen molar-refractivity contribution in [3.8, 4) is 11.1 Å². The van der Waals surface area contributed by atoms with Gasteiger partial charge in [0.15, 0.2) is 0 Å². The number of pyridine rings is 2. The minimum absolute atomic E-state index is 0.833. The van der Waals surface area contributed by atoms with Crippen LogP contribution < -0.4 is 15.1 Å². The molecular formula is C28H34N8. The molecule has 186 valence electrons. The van der Waals surface area contributed by atoms with Crippen LogP contribution in [0, 0.1) is 0 Å². The average Bonchev–Trinajstić information content (AvgIpc) is 3.33. The number of aromatic nitrogens is 3. The minimum atomic E-state index is 0.833. The van der Waals surface area contributed by atoms with Crippen LogP contribution in [0.15, 0.2) is 60.9 Å². The lowest BCUT2D eigenvalue weighted by Crippen LogP contribution is -2.44. The van der Waals surface area contributed by atoms with Gasteiger partial charge in [0, 0.05) is 87.1 Å². The molecule has 2 N–H and O–H groups in total. The fraction of sp³-hybridized carbons (Fsp3) is 0.357. The molecule has 4 aromatic rings. The van der Waals surface area contributed by atoms with Crippen LogP contribution in [-0.2, 0) is 0 Å². The second-order valence-corrected chi connectivity index (χ2v) is 9.95. The third kappa shape index (κ3) is 4.74. The molecule has 2 aliphatic rings. The van der Waals surface area contributed by atoms with Gasteiger partial charge in [0.25, 0.3) is 0 Å². The van der Waals surface area contributed by atoms with Gasteiger partial charge >= 0.3 is 0 Å². The Balaban J connectivity index is 1.20. The first-order valence-corrected chi connectivity index (χ1v) is 12.8. The van der Waals surface area contributed by atoms with E-state index in [1.807, 2.05) is 6.20 Å². The molecule has 8 nitrogen and oxygen atoms in total. The van der Waals surface area contributed by atoms with Gasteiger partial charge in [-0.25, -0.2) is 9.97 Å². The van der Waals surface area contributed by atoms with E-state index >= 15 is 0 Å². The number of H-pyrrole nitrogens is 1. The highest BCUT2D eigenvalue weighted by atomic mass is 15.3. The summed E-state index contributed by atoms with van der Waals surface area (Å²) >= 11 is 0. The number of piperazine rings is 2. The van der Waals surface area contributed by atoms with E-state index in [9.17, 15) is 0 Å². The van der Waals surface area contributed by atoms with Crippen LogP contribution in [0.1, 0.15) is 0 Å². The summed E-state index contributed by atoms with van der Waals surface area (Å²) in [5, 5.41) is 4.61. The molecule has 36 heavy (non-hydrogen) atoms. The molecule has 1 aromatic carbocycles. The van der Waals surface area contributed by atoms with E-state index in [0.29, 0.717) is 0 Å². The Hall–Kier alpha value is -3.62. The topological polar surface area (TPSA) is 66.6 Å². The highest BCUT2D eigenvalue weighted by molar-refractivity contribution is 5.94. The maximum absolute atomic E-state index is 4.87. The van der Waals surface area contributed by atoms with Crippen molar-refractivity contribution in [2.45, 2.75) is 0 Å². The van der Waals surface area contributed by atoms with E-state index in [1.54, 1.807) is 0 Å². The molecule has 5 heterocycles. The van der Waals surface area contributed by atoms with Crippen LogP contribution in [0.4, 0.5) is 23.0 Å². The van der Waals surface area contributed by atoms with E-state index in [1.165, 1.54) is 5.69 Å². The van der Waals surface area contributed by atoms with Gasteiger partial charge in [-0.3, -0.25) is 0 Å². The monoisotopic (exact) mass is 482 g/mol. The summed E-state index contributed by atoms with van der Waals surface area (Å²) in [4.78, 5) is 22.5. The van der Waals surface area contributed by atoms with E-state index < -0.39 is 0 Å². The summed E-state index contributed by atoms with van der Waals surface area (Å²) in [5.41, 5.74) is 5.50. The van der Waals surface area contributed by atoms with Gasteiger partial charge in [-0.1, -0.05) is 6.07 Å². The summed E-state index contributed by atoms with van der Waals surface area (Å²) in [6.07, 6.45) is 3.97. The molecule has 3 aromatic heterocycles. The normalized spacial score (nSPS) is 17.6. The largest absolute Gasteiger partial charge is 0.369 e. The van der Waals surface area contributed by atoms with Crippen molar-refractivity contribution in [3.63, 3.8) is 0 Å². The van der Waals surface area contributed by atoms with E-state index in [0.717, 1.165) is 91.8 Å².